The maximum Gasteiger partial charge on any atom is 0.418 e. The molecule has 0 spiro atoms. The van der Waals surface area contributed by atoms with E-state index in [0.717, 1.165) is 18.2 Å². The Labute approximate surface area is 288 Å². The number of halogens is 3. The Morgan fingerprint density at radius 2 is 1.02 bits per heavy atom. The molecule has 0 aliphatic carbocycles. The number of hydrogen-bond donors (Lipinski definition) is 4. The number of aryl methyl sites for hydroxylation is 1. The van der Waals surface area contributed by atoms with Gasteiger partial charge in [-0.25, -0.2) is 0 Å². The molecular weight excluding hydrogens is 710 g/mol. The van der Waals surface area contributed by atoms with E-state index in [-0.39, 0.29) is 28.3 Å². The third-order valence-corrected chi connectivity index (χ3v) is 9.69. The molecule has 6 rings (SSSR count). The summed E-state index contributed by atoms with van der Waals surface area (Å²) in [5.41, 5.74) is 10.6. The van der Waals surface area contributed by atoms with Gasteiger partial charge in [0, 0.05) is 10.8 Å². The Kier molecular flexibility index (Phi) is 8.84. The van der Waals surface area contributed by atoms with Crippen LogP contribution in [0.5, 0.6) is 0 Å². The molecule has 0 amide bonds. The summed E-state index contributed by atoms with van der Waals surface area (Å²) in [6.45, 7) is 1.61. The van der Waals surface area contributed by atoms with Crippen LogP contribution in [0.3, 0.4) is 0 Å². The molecule has 6 N–H and O–H groups in total. The van der Waals surface area contributed by atoms with Crippen molar-refractivity contribution < 1.29 is 39.1 Å². The Hall–Kier alpha value is -5.75. The molecule has 6 aromatic carbocycles. The number of anilines is 2. The number of rotatable bonds is 7. The number of nitrogens with zero attached hydrogens (tertiary/aromatic N) is 4. The average Bonchev–Trinajstić information content (AvgIpc) is 3.06. The molecule has 0 heterocycles. The highest BCUT2D eigenvalue weighted by Crippen LogP contribution is 2.43. The van der Waals surface area contributed by atoms with Crippen LogP contribution in [0.25, 0.3) is 32.7 Å². The van der Waals surface area contributed by atoms with Crippen LogP contribution >= 0.6 is 0 Å². The normalized spacial score (nSPS) is 12.8. The number of azo groups is 2. The lowest BCUT2D eigenvalue weighted by Gasteiger charge is -2.13. The number of hydrogen-bond acceptors (Lipinski definition) is 10. The molecule has 0 saturated carbocycles. The molecule has 0 unspecified atom stereocenters. The number of nitrogen functional groups attached to an aromatic ring is 2. The van der Waals surface area contributed by atoms with Crippen molar-refractivity contribution in [1.82, 2.24) is 0 Å². The van der Waals surface area contributed by atoms with Crippen LogP contribution in [0.2, 0.25) is 0 Å². The first-order valence-corrected chi connectivity index (χ1v) is 17.5. The van der Waals surface area contributed by atoms with Gasteiger partial charge < -0.3 is 11.5 Å². The standard InChI is InChI=1S/C34H25F3N6O6S2/c1-18-14-19(10-12-26(18)40-42-32-28(50(44,45)46)16-21-6-2-4-8-23(21)30(32)38)20-11-13-27(25(15-20)34(35,36)37)41-43-33-29(51(47,48)49)17-22-7-3-5-9-24(22)31(33)39/h2-17H,38-39H2,1H3,(H,44,45,46)(H,47,48,49). The largest absolute Gasteiger partial charge is 0.418 e. The van der Waals surface area contributed by atoms with E-state index in [4.69, 9.17) is 11.5 Å². The Morgan fingerprint density at radius 1 is 0.588 bits per heavy atom. The number of fused-ring (bicyclic) bond motifs is 2. The van der Waals surface area contributed by atoms with E-state index in [1.54, 1.807) is 55.5 Å². The van der Waals surface area contributed by atoms with E-state index in [2.05, 4.69) is 20.5 Å². The second-order valence-electron chi connectivity index (χ2n) is 11.3. The molecule has 12 nitrogen and oxygen atoms in total. The van der Waals surface area contributed by atoms with Crippen molar-refractivity contribution in [2.24, 2.45) is 20.5 Å². The maximum absolute atomic E-state index is 14.3. The predicted octanol–water partition coefficient (Wildman–Crippen LogP) is 9.48. The molecule has 0 saturated heterocycles. The van der Waals surface area contributed by atoms with Crippen molar-refractivity contribution in [3.05, 3.63) is 108 Å². The van der Waals surface area contributed by atoms with E-state index < -0.39 is 53.1 Å². The van der Waals surface area contributed by atoms with Crippen molar-refractivity contribution >= 4 is 75.9 Å². The van der Waals surface area contributed by atoms with Gasteiger partial charge in [-0.15, -0.1) is 15.3 Å². The summed E-state index contributed by atoms with van der Waals surface area (Å²) in [4.78, 5) is -1.27. The SMILES string of the molecule is Cc1cc(-c2ccc(N=Nc3c(S(=O)(=O)O)cc4ccccc4c3N)c(C(F)(F)F)c2)ccc1N=Nc1c(S(=O)(=O)O)cc2ccccc2c1N. The molecule has 6 aromatic rings. The monoisotopic (exact) mass is 734 g/mol. The fourth-order valence-corrected chi connectivity index (χ4v) is 6.80. The highest BCUT2D eigenvalue weighted by atomic mass is 32.2. The van der Waals surface area contributed by atoms with Gasteiger partial charge in [0.2, 0.25) is 0 Å². The lowest BCUT2D eigenvalue weighted by Crippen LogP contribution is -2.05. The molecule has 0 fully saturated rings. The first-order valence-electron chi connectivity index (χ1n) is 14.7. The molecule has 0 aliphatic rings. The van der Waals surface area contributed by atoms with Crippen LogP contribution in [0.4, 0.5) is 47.3 Å². The Bertz CT molecular complexity index is 2680. The van der Waals surface area contributed by atoms with Crippen LogP contribution < -0.4 is 11.5 Å². The molecule has 0 radical (unpaired) electrons. The Balaban J connectivity index is 1.37. The minimum absolute atomic E-state index is 0.0341. The topological polar surface area (TPSA) is 210 Å². The summed E-state index contributed by atoms with van der Waals surface area (Å²) < 4.78 is 111. The number of alkyl halides is 3. The van der Waals surface area contributed by atoms with Gasteiger partial charge in [0.1, 0.15) is 21.2 Å². The van der Waals surface area contributed by atoms with Gasteiger partial charge in [0.05, 0.1) is 28.3 Å². The van der Waals surface area contributed by atoms with Crippen LogP contribution in [-0.4, -0.2) is 25.9 Å². The van der Waals surface area contributed by atoms with E-state index >= 15 is 0 Å². The fourth-order valence-electron chi connectivity index (χ4n) is 5.46. The molecule has 0 bridgehead atoms. The first kappa shape index (κ1) is 35.1. The van der Waals surface area contributed by atoms with Gasteiger partial charge in [-0.3, -0.25) is 9.11 Å². The van der Waals surface area contributed by atoms with Gasteiger partial charge in [0.15, 0.2) is 0 Å². The van der Waals surface area contributed by atoms with E-state index in [1.807, 2.05) is 0 Å². The second kappa shape index (κ2) is 12.9. The van der Waals surface area contributed by atoms with Gasteiger partial charge in [-0.2, -0.15) is 35.1 Å². The second-order valence-corrected chi connectivity index (χ2v) is 14.1. The summed E-state index contributed by atoms with van der Waals surface area (Å²) in [5, 5.41) is 17.2. The van der Waals surface area contributed by atoms with Crippen molar-refractivity contribution in [2.45, 2.75) is 22.9 Å². The summed E-state index contributed by atoms with van der Waals surface area (Å²) in [7, 11) is -9.64. The molecule has 260 valence electrons. The molecule has 0 atom stereocenters. The summed E-state index contributed by atoms with van der Waals surface area (Å²) in [6.07, 6.45) is -4.92. The third-order valence-electron chi connectivity index (χ3n) is 7.96. The van der Waals surface area contributed by atoms with Gasteiger partial charge in [-0.05, 0) is 70.8 Å². The predicted molar refractivity (Wildman–Crippen MR) is 186 cm³/mol. The van der Waals surface area contributed by atoms with Crippen LogP contribution in [0, 0.1) is 6.92 Å². The zero-order valence-corrected chi connectivity index (χ0v) is 27.8. The summed E-state index contributed by atoms with van der Waals surface area (Å²) >= 11 is 0. The van der Waals surface area contributed by atoms with Crippen LogP contribution in [0.1, 0.15) is 11.1 Å². The van der Waals surface area contributed by atoms with Gasteiger partial charge in [0.25, 0.3) is 20.2 Å². The summed E-state index contributed by atoms with van der Waals surface area (Å²) in [6, 6.07) is 23.0. The van der Waals surface area contributed by atoms with E-state index in [1.165, 1.54) is 30.3 Å². The number of benzene rings is 6. The molecule has 0 aliphatic heterocycles. The van der Waals surface area contributed by atoms with Crippen molar-refractivity contribution in [1.29, 1.82) is 0 Å². The lowest BCUT2D eigenvalue weighted by molar-refractivity contribution is -0.137. The Morgan fingerprint density at radius 3 is 1.47 bits per heavy atom. The van der Waals surface area contributed by atoms with Gasteiger partial charge in [-0.1, -0.05) is 60.7 Å². The van der Waals surface area contributed by atoms with Crippen molar-refractivity contribution in [2.75, 3.05) is 11.5 Å². The van der Waals surface area contributed by atoms with E-state index in [9.17, 15) is 39.1 Å². The third kappa shape index (κ3) is 7.00. The lowest BCUT2D eigenvalue weighted by atomic mass is 9.99. The van der Waals surface area contributed by atoms with Gasteiger partial charge >= 0.3 is 6.18 Å². The molecule has 0 aromatic heterocycles. The van der Waals surface area contributed by atoms with Crippen molar-refractivity contribution in [3.63, 3.8) is 0 Å². The zero-order chi connectivity index (χ0) is 36.9. The number of nitrogens with two attached hydrogens (primary N) is 2. The molecule has 17 heteroatoms. The summed E-state index contributed by atoms with van der Waals surface area (Å²) in [5.74, 6) is 0. The minimum Gasteiger partial charge on any atom is -0.396 e. The molecule has 51 heavy (non-hydrogen) atoms. The quantitative estimate of drug-likeness (QED) is 0.0703. The minimum atomic E-state index is -4.92. The highest BCUT2D eigenvalue weighted by molar-refractivity contribution is 7.86. The highest BCUT2D eigenvalue weighted by Gasteiger charge is 2.34. The fraction of sp³-hybridized carbons (Fsp3) is 0.0588. The smallest absolute Gasteiger partial charge is 0.396 e. The maximum atomic E-state index is 14.3. The molecular formula is C34H25F3N6O6S2. The first-order chi connectivity index (χ1) is 23.9. The average molecular weight is 735 g/mol. The zero-order valence-electron chi connectivity index (χ0n) is 26.2. The van der Waals surface area contributed by atoms with E-state index in [0.29, 0.717) is 32.7 Å². The van der Waals surface area contributed by atoms with Crippen LogP contribution in [0.15, 0.2) is 127 Å². The van der Waals surface area contributed by atoms with Crippen LogP contribution in [-0.2, 0) is 26.4 Å². The van der Waals surface area contributed by atoms with Crippen molar-refractivity contribution in [3.8, 4) is 11.1 Å².